The van der Waals surface area contributed by atoms with Crippen molar-refractivity contribution in [1.82, 2.24) is 5.32 Å². The first kappa shape index (κ1) is 11.2. The molecule has 0 aromatic heterocycles. The molecule has 1 fully saturated rings. The highest BCUT2D eigenvalue weighted by atomic mass is 14.9. The van der Waals surface area contributed by atoms with Gasteiger partial charge in [0.15, 0.2) is 0 Å². The van der Waals surface area contributed by atoms with E-state index in [1.54, 1.807) is 0 Å². The average molecular weight is 214 g/mol. The molecular formula is C14H18N2. The van der Waals surface area contributed by atoms with Gasteiger partial charge in [-0.1, -0.05) is 25.5 Å². The van der Waals surface area contributed by atoms with Crippen LogP contribution in [0.2, 0.25) is 0 Å². The molecule has 16 heavy (non-hydrogen) atoms. The Hall–Kier alpha value is -1.33. The van der Waals surface area contributed by atoms with Gasteiger partial charge in [0.1, 0.15) is 0 Å². The molecule has 0 saturated heterocycles. The van der Waals surface area contributed by atoms with Crippen molar-refractivity contribution < 1.29 is 0 Å². The Bertz CT molecular complexity index is 382. The first-order valence-corrected chi connectivity index (χ1v) is 5.92. The largest absolute Gasteiger partial charge is 0.312 e. The zero-order chi connectivity index (χ0) is 11.4. The monoisotopic (exact) mass is 214 g/mol. The fourth-order valence-electron chi connectivity index (χ4n) is 2.16. The predicted molar refractivity (Wildman–Crippen MR) is 64.8 cm³/mol. The molecule has 1 aromatic rings. The quantitative estimate of drug-likeness (QED) is 0.836. The van der Waals surface area contributed by atoms with Crippen molar-refractivity contribution in [2.24, 2.45) is 5.41 Å². The lowest BCUT2D eigenvalue weighted by Crippen LogP contribution is -2.36. The fraction of sp³-hybridized carbons (Fsp3) is 0.500. The molecule has 2 heteroatoms. The summed E-state index contributed by atoms with van der Waals surface area (Å²) >= 11 is 0. The van der Waals surface area contributed by atoms with Crippen molar-refractivity contribution in [2.75, 3.05) is 6.54 Å². The van der Waals surface area contributed by atoms with E-state index in [0.29, 0.717) is 5.41 Å². The van der Waals surface area contributed by atoms with Gasteiger partial charge in [0.2, 0.25) is 0 Å². The van der Waals surface area contributed by atoms with E-state index in [0.717, 1.165) is 18.7 Å². The van der Waals surface area contributed by atoms with Gasteiger partial charge in [0.05, 0.1) is 11.6 Å². The lowest BCUT2D eigenvalue weighted by atomic mass is 9.70. The normalized spacial score (nSPS) is 17.5. The minimum atomic E-state index is 0.534. The molecule has 1 saturated carbocycles. The maximum Gasteiger partial charge on any atom is 0.0991 e. The summed E-state index contributed by atoms with van der Waals surface area (Å²) in [4.78, 5) is 0. The zero-order valence-electron chi connectivity index (χ0n) is 9.79. The van der Waals surface area contributed by atoms with Crippen LogP contribution in [0.3, 0.4) is 0 Å². The third-order valence-electron chi connectivity index (χ3n) is 3.52. The van der Waals surface area contributed by atoms with E-state index in [-0.39, 0.29) is 0 Å². The fourth-order valence-corrected chi connectivity index (χ4v) is 2.16. The Kier molecular flexibility index (Phi) is 3.26. The summed E-state index contributed by atoms with van der Waals surface area (Å²) in [5, 5.41) is 12.2. The summed E-state index contributed by atoms with van der Waals surface area (Å²) in [6, 6.07) is 9.93. The lowest BCUT2D eigenvalue weighted by molar-refractivity contribution is 0.156. The van der Waals surface area contributed by atoms with Crippen molar-refractivity contribution >= 4 is 0 Å². The Labute approximate surface area is 97.3 Å². The number of rotatable bonds is 4. The zero-order valence-corrected chi connectivity index (χ0v) is 9.79. The lowest BCUT2D eigenvalue weighted by Gasteiger charge is -2.38. The molecule has 1 aliphatic rings. The van der Waals surface area contributed by atoms with E-state index < -0.39 is 0 Å². The SMILES string of the molecule is CC1(CNCc2ccc(C#N)cc2)CCC1. The maximum atomic E-state index is 8.69. The van der Waals surface area contributed by atoms with Crippen molar-refractivity contribution in [3.8, 4) is 6.07 Å². The number of nitrogens with one attached hydrogen (secondary N) is 1. The smallest absolute Gasteiger partial charge is 0.0991 e. The van der Waals surface area contributed by atoms with Crippen molar-refractivity contribution in [3.63, 3.8) is 0 Å². The molecule has 2 nitrogen and oxygen atoms in total. The van der Waals surface area contributed by atoms with E-state index in [4.69, 9.17) is 5.26 Å². The molecule has 0 aliphatic heterocycles. The summed E-state index contributed by atoms with van der Waals surface area (Å²) in [6.07, 6.45) is 4.09. The molecule has 0 atom stereocenters. The molecule has 1 aromatic carbocycles. The van der Waals surface area contributed by atoms with Crippen LogP contribution in [-0.4, -0.2) is 6.54 Å². The Balaban J connectivity index is 1.79. The summed E-state index contributed by atoms with van der Waals surface area (Å²) in [5.74, 6) is 0. The second-order valence-corrected chi connectivity index (χ2v) is 5.08. The van der Waals surface area contributed by atoms with Gasteiger partial charge >= 0.3 is 0 Å². The highest BCUT2D eigenvalue weighted by Crippen LogP contribution is 2.39. The van der Waals surface area contributed by atoms with Crippen molar-refractivity contribution in [1.29, 1.82) is 5.26 Å². The maximum absolute atomic E-state index is 8.69. The standard InChI is InChI=1S/C14H18N2/c1-14(7-2-8-14)11-16-10-13-5-3-12(9-15)4-6-13/h3-6,16H,2,7-8,10-11H2,1H3. The third kappa shape index (κ3) is 2.62. The second kappa shape index (κ2) is 4.67. The van der Waals surface area contributed by atoms with Gasteiger partial charge < -0.3 is 5.32 Å². The number of hydrogen-bond acceptors (Lipinski definition) is 2. The van der Waals surface area contributed by atoms with Crippen LogP contribution in [0.1, 0.15) is 37.3 Å². The van der Waals surface area contributed by atoms with Gasteiger partial charge in [-0.3, -0.25) is 0 Å². The van der Waals surface area contributed by atoms with Crippen LogP contribution < -0.4 is 5.32 Å². The van der Waals surface area contributed by atoms with Gasteiger partial charge in [0.25, 0.3) is 0 Å². The Morgan fingerprint density at radius 2 is 2.00 bits per heavy atom. The summed E-state index contributed by atoms with van der Waals surface area (Å²) < 4.78 is 0. The topological polar surface area (TPSA) is 35.8 Å². The summed E-state index contributed by atoms with van der Waals surface area (Å²) in [5.41, 5.74) is 2.52. The Morgan fingerprint density at radius 1 is 1.31 bits per heavy atom. The first-order valence-electron chi connectivity index (χ1n) is 5.92. The van der Waals surface area contributed by atoms with Crippen LogP contribution in [0, 0.1) is 16.7 Å². The number of benzene rings is 1. The average Bonchev–Trinajstić information content (AvgIpc) is 2.28. The summed E-state index contributed by atoms with van der Waals surface area (Å²) in [6.45, 7) is 4.36. The van der Waals surface area contributed by atoms with E-state index in [9.17, 15) is 0 Å². The highest BCUT2D eigenvalue weighted by Gasteiger charge is 2.30. The van der Waals surface area contributed by atoms with Gasteiger partial charge in [-0.15, -0.1) is 0 Å². The molecule has 0 unspecified atom stereocenters. The predicted octanol–water partition coefficient (Wildman–Crippen LogP) is 2.84. The van der Waals surface area contributed by atoms with E-state index in [1.165, 1.54) is 24.8 Å². The molecule has 0 bridgehead atoms. The molecule has 2 rings (SSSR count). The molecule has 0 spiro atoms. The van der Waals surface area contributed by atoms with Crippen LogP contribution in [0.15, 0.2) is 24.3 Å². The molecule has 1 aliphatic carbocycles. The molecule has 84 valence electrons. The van der Waals surface area contributed by atoms with Gasteiger partial charge in [-0.05, 0) is 36.0 Å². The van der Waals surface area contributed by atoms with Crippen LogP contribution in [0.25, 0.3) is 0 Å². The van der Waals surface area contributed by atoms with Gasteiger partial charge in [-0.2, -0.15) is 5.26 Å². The highest BCUT2D eigenvalue weighted by molar-refractivity contribution is 5.31. The third-order valence-corrected chi connectivity index (χ3v) is 3.52. The molecule has 0 amide bonds. The van der Waals surface area contributed by atoms with Crippen LogP contribution in [0.4, 0.5) is 0 Å². The number of hydrogen-bond donors (Lipinski definition) is 1. The van der Waals surface area contributed by atoms with Gasteiger partial charge in [0, 0.05) is 13.1 Å². The molecule has 0 radical (unpaired) electrons. The van der Waals surface area contributed by atoms with Crippen molar-refractivity contribution in [2.45, 2.75) is 32.7 Å². The first-order chi connectivity index (χ1) is 7.72. The van der Waals surface area contributed by atoms with Crippen LogP contribution in [-0.2, 0) is 6.54 Å². The van der Waals surface area contributed by atoms with Crippen LogP contribution >= 0.6 is 0 Å². The van der Waals surface area contributed by atoms with Gasteiger partial charge in [-0.25, -0.2) is 0 Å². The second-order valence-electron chi connectivity index (χ2n) is 5.08. The van der Waals surface area contributed by atoms with Crippen molar-refractivity contribution in [3.05, 3.63) is 35.4 Å². The van der Waals surface area contributed by atoms with E-state index in [1.807, 2.05) is 24.3 Å². The van der Waals surface area contributed by atoms with E-state index >= 15 is 0 Å². The molecule has 1 N–H and O–H groups in total. The number of nitrogens with zero attached hydrogens (tertiary/aromatic N) is 1. The molecular weight excluding hydrogens is 196 g/mol. The Morgan fingerprint density at radius 3 is 2.50 bits per heavy atom. The van der Waals surface area contributed by atoms with Crippen LogP contribution in [0.5, 0.6) is 0 Å². The number of nitriles is 1. The minimum Gasteiger partial charge on any atom is -0.312 e. The molecule has 0 heterocycles. The van der Waals surface area contributed by atoms with E-state index in [2.05, 4.69) is 18.3 Å². The summed E-state index contributed by atoms with van der Waals surface area (Å²) in [7, 11) is 0. The minimum absolute atomic E-state index is 0.534.